The van der Waals surface area contributed by atoms with Crippen molar-refractivity contribution in [2.75, 3.05) is 36.5 Å². The van der Waals surface area contributed by atoms with Gasteiger partial charge in [-0.05, 0) is 24.1 Å². The molecule has 1 aliphatic heterocycles. The fourth-order valence-electron chi connectivity index (χ4n) is 2.55. The van der Waals surface area contributed by atoms with Crippen molar-refractivity contribution in [1.29, 1.82) is 5.26 Å². The highest BCUT2D eigenvalue weighted by Crippen LogP contribution is 2.26. The zero-order valence-electron chi connectivity index (χ0n) is 13.1. The minimum absolute atomic E-state index is 0.467. The number of aryl methyl sites for hydroxylation is 1. The summed E-state index contributed by atoms with van der Waals surface area (Å²) >= 11 is 0. The lowest BCUT2D eigenvalue weighted by Crippen LogP contribution is -2.37. The molecule has 1 saturated heterocycles. The van der Waals surface area contributed by atoms with E-state index in [0.29, 0.717) is 30.4 Å². The first-order valence-corrected chi connectivity index (χ1v) is 7.75. The molecule has 0 radical (unpaired) electrons. The fourth-order valence-corrected chi connectivity index (χ4v) is 2.55. The summed E-state index contributed by atoms with van der Waals surface area (Å²) in [4.78, 5) is 10.6. The number of rotatable bonds is 4. The Morgan fingerprint density at radius 1 is 1.22 bits per heavy atom. The van der Waals surface area contributed by atoms with Crippen molar-refractivity contribution < 1.29 is 4.74 Å². The molecular formula is C17H19N5O. The first-order chi connectivity index (χ1) is 11.3. The molecule has 0 atom stereocenters. The number of benzene rings is 1. The van der Waals surface area contributed by atoms with Gasteiger partial charge in [0.2, 0.25) is 0 Å². The van der Waals surface area contributed by atoms with Gasteiger partial charge in [-0.25, -0.2) is 9.97 Å². The van der Waals surface area contributed by atoms with Gasteiger partial charge in [-0.15, -0.1) is 0 Å². The van der Waals surface area contributed by atoms with E-state index in [1.807, 2.05) is 12.1 Å². The average molecular weight is 309 g/mol. The van der Waals surface area contributed by atoms with E-state index < -0.39 is 0 Å². The molecule has 23 heavy (non-hydrogen) atoms. The third-order valence-corrected chi connectivity index (χ3v) is 3.87. The van der Waals surface area contributed by atoms with Crippen LogP contribution in [0.3, 0.4) is 0 Å². The van der Waals surface area contributed by atoms with Gasteiger partial charge in [0, 0.05) is 18.8 Å². The average Bonchev–Trinajstić information content (AvgIpc) is 2.63. The molecule has 0 aliphatic carbocycles. The molecule has 3 rings (SSSR count). The fraction of sp³-hybridized carbons (Fsp3) is 0.353. The molecule has 0 amide bonds. The molecule has 1 aromatic heterocycles. The zero-order valence-corrected chi connectivity index (χ0v) is 13.1. The van der Waals surface area contributed by atoms with Crippen LogP contribution < -0.4 is 10.2 Å². The second-order valence-electron chi connectivity index (χ2n) is 5.31. The van der Waals surface area contributed by atoms with Crippen LogP contribution in [0.25, 0.3) is 0 Å². The normalized spacial score (nSPS) is 14.3. The minimum Gasteiger partial charge on any atom is -0.378 e. The van der Waals surface area contributed by atoms with Crippen LogP contribution in [0.5, 0.6) is 0 Å². The Balaban J connectivity index is 1.88. The van der Waals surface area contributed by atoms with E-state index in [1.54, 1.807) is 0 Å². The summed E-state index contributed by atoms with van der Waals surface area (Å²) in [6, 6.07) is 10.4. The second-order valence-corrected chi connectivity index (χ2v) is 5.31. The monoisotopic (exact) mass is 309 g/mol. The van der Waals surface area contributed by atoms with Crippen LogP contribution in [0.4, 0.5) is 17.3 Å². The van der Waals surface area contributed by atoms with Gasteiger partial charge in [0.1, 0.15) is 18.0 Å². The third kappa shape index (κ3) is 3.41. The Labute approximate surface area is 135 Å². The van der Waals surface area contributed by atoms with Crippen LogP contribution in [0.1, 0.15) is 18.1 Å². The van der Waals surface area contributed by atoms with Crippen molar-refractivity contribution in [2.24, 2.45) is 0 Å². The number of hydrogen-bond acceptors (Lipinski definition) is 6. The number of ether oxygens (including phenoxy) is 1. The lowest BCUT2D eigenvalue weighted by molar-refractivity contribution is 0.122. The Morgan fingerprint density at radius 3 is 2.61 bits per heavy atom. The maximum atomic E-state index is 9.56. The Hall–Kier alpha value is -2.65. The van der Waals surface area contributed by atoms with Crippen LogP contribution in [-0.2, 0) is 11.2 Å². The number of nitrogens with zero attached hydrogens (tertiary/aromatic N) is 4. The van der Waals surface area contributed by atoms with Gasteiger partial charge < -0.3 is 15.0 Å². The lowest BCUT2D eigenvalue weighted by atomic mass is 10.1. The summed E-state index contributed by atoms with van der Waals surface area (Å²) in [6.45, 7) is 4.88. The first kappa shape index (κ1) is 15.3. The maximum absolute atomic E-state index is 9.56. The van der Waals surface area contributed by atoms with Crippen molar-refractivity contribution in [1.82, 2.24) is 9.97 Å². The summed E-state index contributed by atoms with van der Waals surface area (Å²) in [5.41, 5.74) is 2.65. The van der Waals surface area contributed by atoms with Gasteiger partial charge >= 0.3 is 0 Å². The maximum Gasteiger partial charge on any atom is 0.153 e. The Morgan fingerprint density at radius 2 is 1.96 bits per heavy atom. The molecule has 0 bridgehead atoms. The standard InChI is InChI=1S/C17H19N5O/c1-2-13-3-5-14(6-4-13)21-16-15(11-18)17(20-12-19-16)22-7-9-23-10-8-22/h3-6,12H,2,7-10H2,1H3,(H,19,20,21). The van der Waals surface area contributed by atoms with E-state index in [2.05, 4.69) is 45.3 Å². The van der Waals surface area contributed by atoms with Crippen molar-refractivity contribution in [3.63, 3.8) is 0 Å². The molecule has 2 aromatic rings. The summed E-state index contributed by atoms with van der Waals surface area (Å²) < 4.78 is 5.36. The van der Waals surface area contributed by atoms with E-state index in [1.165, 1.54) is 11.9 Å². The van der Waals surface area contributed by atoms with Gasteiger partial charge in [-0.2, -0.15) is 5.26 Å². The summed E-state index contributed by atoms with van der Waals surface area (Å²) in [6.07, 6.45) is 2.49. The predicted molar refractivity (Wildman–Crippen MR) is 88.9 cm³/mol. The van der Waals surface area contributed by atoms with Crippen molar-refractivity contribution in [2.45, 2.75) is 13.3 Å². The molecule has 0 unspecified atom stereocenters. The Kier molecular flexibility index (Phi) is 4.69. The molecule has 6 nitrogen and oxygen atoms in total. The smallest absolute Gasteiger partial charge is 0.153 e. The lowest BCUT2D eigenvalue weighted by Gasteiger charge is -2.28. The number of nitriles is 1. The van der Waals surface area contributed by atoms with E-state index in [-0.39, 0.29) is 0 Å². The molecule has 1 N–H and O–H groups in total. The van der Waals surface area contributed by atoms with E-state index >= 15 is 0 Å². The quantitative estimate of drug-likeness (QED) is 0.935. The summed E-state index contributed by atoms with van der Waals surface area (Å²) in [7, 11) is 0. The van der Waals surface area contributed by atoms with Gasteiger partial charge in [0.15, 0.2) is 11.6 Å². The van der Waals surface area contributed by atoms with Crippen LogP contribution in [0, 0.1) is 11.3 Å². The third-order valence-electron chi connectivity index (χ3n) is 3.87. The van der Waals surface area contributed by atoms with Crippen molar-refractivity contribution in [3.8, 4) is 6.07 Å². The number of morpholine rings is 1. The number of anilines is 3. The number of hydrogen-bond donors (Lipinski definition) is 1. The molecule has 1 aromatic carbocycles. The molecule has 1 fully saturated rings. The van der Waals surface area contributed by atoms with Gasteiger partial charge in [0.05, 0.1) is 13.2 Å². The molecule has 1 aliphatic rings. The number of nitrogens with one attached hydrogen (secondary N) is 1. The van der Waals surface area contributed by atoms with Gasteiger partial charge in [-0.1, -0.05) is 19.1 Å². The highest BCUT2D eigenvalue weighted by Gasteiger charge is 2.19. The van der Waals surface area contributed by atoms with Gasteiger partial charge in [0.25, 0.3) is 0 Å². The van der Waals surface area contributed by atoms with E-state index in [0.717, 1.165) is 25.2 Å². The molecule has 118 valence electrons. The predicted octanol–water partition coefficient (Wildman–Crippen LogP) is 2.49. The Bertz CT molecular complexity index is 702. The molecule has 2 heterocycles. The van der Waals surface area contributed by atoms with Crippen molar-refractivity contribution in [3.05, 3.63) is 41.7 Å². The highest BCUT2D eigenvalue weighted by molar-refractivity contribution is 5.70. The van der Waals surface area contributed by atoms with Gasteiger partial charge in [-0.3, -0.25) is 0 Å². The highest BCUT2D eigenvalue weighted by atomic mass is 16.5. The van der Waals surface area contributed by atoms with Crippen LogP contribution in [0.2, 0.25) is 0 Å². The molecule has 0 saturated carbocycles. The van der Waals surface area contributed by atoms with E-state index in [4.69, 9.17) is 4.74 Å². The molecule has 0 spiro atoms. The summed E-state index contributed by atoms with van der Waals surface area (Å²) in [5, 5.41) is 12.8. The number of aromatic nitrogens is 2. The van der Waals surface area contributed by atoms with Crippen LogP contribution >= 0.6 is 0 Å². The largest absolute Gasteiger partial charge is 0.378 e. The molecular weight excluding hydrogens is 290 g/mol. The first-order valence-electron chi connectivity index (χ1n) is 7.75. The van der Waals surface area contributed by atoms with Crippen LogP contribution in [-0.4, -0.2) is 36.3 Å². The second kappa shape index (κ2) is 7.07. The topological polar surface area (TPSA) is 74.1 Å². The summed E-state index contributed by atoms with van der Waals surface area (Å²) in [5.74, 6) is 1.20. The van der Waals surface area contributed by atoms with Crippen molar-refractivity contribution >= 4 is 17.3 Å². The molecule has 6 heteroatoms. The zero-order chi connectivity index (χ0) is 16.1. The van der Waals surface area contributed by atoms with E-state index in [9.17, 15) is 5.26 Å². The SMILES string of the molecule is CCc1ccc(Nc2ncnc(N3CCOCC3)c2C#N)cc1. The van der Waals surface area contributed by atoms with Crippen LogP contribution in [0.15, 0.2) is 30.6 Å². The minimum atomic E-state index is 0.467.